The molecule has 1 aromatic rings. The van der Waals surface area contributed by atoms with Gasteiger partial charge in [0, 0.05) is 6.08 Å². The molecule has 0 N–H and O–H groups in total. The summed E-state index contributed by atoms with van der Waals surface area (Å²) in [7, 11) is 0. The van der Waals surface area contributed by atoms with Crippen molar-refractivity contribution < 1.29 is 9.53 Å². The smallest absolute Gasteiger partial charge is 0.309 e. The van der Waals surface area contributed by atoms with E-state index in [1.165, 1.54) is 55.7 Å². The SMILES string of the molecule is CCCCCCc1ccc([C@H]2CC[C@H](C(=O)O[C@H]3CC[C@H](CCC=CC=CC#N)CC3)CC2)cc1. The van der Waals surface area contributed by atoms with Crippen LogP contribution in [-0.4, -0.2) is 12.1 Å². The van der Waals surface area contributed by atoms with Gasteiger partial charge in [0.25, 0.3) is 0 Å². The lowest BCUT2D eigenvalue weighted by Gasteiger charge is -2.31. The van der Waals surface area contributed by atoms with Crippen molar-refractivity contribution in [3.63, 3.8) is 0 Å². The molecule has 2 aliphatic carbocycles. The third-order valence-electron chi connectivity index (χ3n) is 8.07. The molecule has 0 heterocycles. The average Bonchev–Trinajstić information content (AvgIpc) is 2.90. The van der Waals surface area contributed by atoms with Crippen molar-refractivity contribution in [3.05, 3.63) is 59.7 Å². The molecule has 0 spiro atoms. The molecule has 0 bridgehead atoms. The van der Waals surface area contributed by atoms with Crippen LogP contribution in [0, 0.1) is 23.2 Å². The van der Waals surface area contributed by atoms with E-state index in [0.717, 1.165) is 63.7 Å². The fraction of sp³-hybridized carbons (Fsp3) is 0.625. The van der Waals surface area contributed by atoms with Crippen molar-refractivity contribution in [1.29, 1.82) is 5.26 Å². The van der Waals surface area contributed by atoms with Gasteiger partial charge in [-0.25, -0.2) is 0 Å². The van der Waals surface area contributed by atoms with Crippen LogP contribution in [0.25, 0.3) is 0 Å². The van der Waals surface area contributed by atoms with Crippen LogP contribution < -0.4 is 0 Å². The van der Waals surface area contributed by atoms with E-state index in [-0.39, 0.29) is 18.0 Å². The Morgan fingerprint density at radius 1 is 0.971 bits per heavy atom. The maximum Gasteiger partial charge on any atom is 0.309 e. The number of rotatable bonds is 12. The van der Waals surface area contributed by atoms with Crippen molar-refractivity contribution in [3.8, 4) is 6.07 Å². The van der Waals surface area contributed by atoms with E-state index >= 15 is 0 Å². The predicted molar refractivity (Wildman–Crippen MR) is 144 cm³/mol. The molecule has 2 aliphatic rings. The van der Waals surface area contributed by atoms with Gasteiger partial charge in [0.2, 0.25) is 0 Å². The number of hydrogen-bond donors (Lipinski definition) is 0. The highest BCUT2D eigenvalue weighted by Gasteiger charge is 2.31. The van der Waals surface area contributed by atoms with Crippen molar-refractivity contribution in [1.82, 2.24) is 0 Å². The standard InChI is InChI=1S/C32H45NO2/c1-2-3-4-8-11-26-13-17-28(18-14-26)29-19-21-30(22-20-29)32(34)35-31-23-15-27(16-24-31)12-9-6-5-7-10-25-33/h5-7,10,13-14,17-18,27,29-31H,2-4,8-9,11-12,15-16,19-24H2,1H3/t27-,29-,30-,31-. The molecule has 0 unspecified atom stereocenters. The quantitative estimate of drug-likeness (QED) is 0.132. The van der Waals surface area contributed by atoms with Crippen LogP contribution in [0.2, 0.25) is 0 Å². The molecular formula is C32H45NO2. The molecule has 3 heteroatoms. The number of ether oxygens (including phenoxy) is 1. The van der Waals surface area contributed by atoms with E-state index in [0.29, 0.717) is 5.92 Å². The number of carbonyl (C=O) groups is 1. The highest BCUT2D eigenvalue weighted by atomic mass is 16.5. The van der Waals surface area contributed by atoms with Gasteiger partial charge in [-0.1, -0.05) is 68.7 Å². The van der Waals surface area contributed by atoms with E-state index in [1.807, 2.05) is 12.1 Å². The maximum absolute atomic E-state index is 12.8. The lowest BCUT2D eigenvalue weighted by atomic mass is 9.78. The number of aryl methyl sites for hydroxylation is 1. The topological polar surface area (TPSA) is 50.1 Å². The minimum atomic E-state index is 0.0570. The largest absolute Gasteiger partial charge is 0.462 e. The second-order valence-electron chi connectivity index (χ2n) is 10.7. The normalized spacial score (nSPS) is 25.0. The summed E-state index contributed by atoms with van der Waals surface area (Å²) in [6.45, 7) is 2.26. The zero-order chi connectivity index (χ0) is 24.7. The zero-order valence-electron chi connectivity index (χ0n) is 21.8. The summed E-state index contributed by atoms with van der Waals surface area (Å²) in [5.74, 6) is 1.47. The van der Waals surface area contributed by atoms with Gasteiger partial charge in [-0.15, -0.1) is 0 Å². The molecule has 2 saturated carbocycles. The molecule has 3 nitrogen and oxygen atoms in total. The Morgan fingerprint density at radius 2 is 1.71 bits per heavy atom. The van der Waals surface area contributed by atoms with Gasteiger partial charge in [-0.2, -0.15) is 5.26 Å². The fourth-order valence-corrected chi connectivity index (χ4v) is 5.78. The number of esters is 1. The van der Waals surface area contributed by atoms with Gasteiger partial charge in [-0.3, -0.25) is 4.79 Å². The summed E-state index contributed by atoms with van der Waals surface area (Å²) in [5, 5.41) is 8.49. The first-order valence-corrected chi connectivity index (χ1v) is 14.2. The molecule has 0 aromatic heterocycles. The predicted octanol–water partition coefficient (Wildman–Crippen LogP) is 8.60. The summed E-state index contributed by atoms with van der Waals surface area (Å²) < 4.78 is 5.97. The Kier molecular flexibility index (Phi) is 12.2. The number of hydrogen-bond acceptors (Lipinski definition) is 3. The number of allylic oxidation sites excluding steroid dienone is 4. The molecule has 0 radical (unpaired) electrons. The van der Waals surface area contributed by atoms with Crippen molar-refractivity contribution in [2.45, 2.75) is 115 Å². The van der Waals surface area contributed by atoms with Crippen LogP contribution in [-0.2, 0) is 16.0 Å². The summed E-state index contributed by atoms with van der Waals surface area (Å²) in [6, 6.07) is 11.3. The van der Waals surface area contributed by atoms with Crippen LogP contribution in [0.4, 0.5) is 0 Å². The van der Waals surface area contributed by atoms with Crippen LogP contribution in [0.3, 0.4) is 0 Å². The Labute approximate surface area is 213 Å². The third-order valence-corrected chi connectivity index (χ3v) is 8.07. The number of nitriles is 1. The van der Waals surface area contributed by atoms with E-state index in [1.54, 1.807) is 6.08 Å². The van der Waals surface area contributed by atoms with Gasteiger partial charge in [0.1, 0.15) is 6.10 Å². The number of benzene rings is 1. The van der Waals surface area contributed by atoms with E-state index in [4.69, 9.17) is 10.00 Å². The number of carbonyl (C=O) groups excluding carboxylic acids is 1. The number of nitrogens with zero attached hydrogens (tertiary/aromatic N) is 1. The van der Waals surface area contributed by atoms with Crippen molar-refractivity contribution >= 4 is 5.97 Å². The molecule has 0 atom stereocenters. The highest BCUT2D eigenvalue weighted by molar-refractivity contribution is 5.72. The first kappa shape index (κ1) is 27.3. The van der Waals surface area contributed by atoms with Crippen molar-refractivity contribution in [2.75, 3.05) is 0 Å². The molecule has 0 saturated heterocycles. The van der Waals surface area contributed by atoms with E-state index in [9.17, 15) is 4.79 Å². The Bertz CT molecular complexity index is 831. The van der Waals surface area contributed by atoms with Gasteiger partial charge in [-0.05, 0) is 100 Å². The zero-order valence-corrected chi connectivity index (χ0v) is 21.8. The van der Waals surface area contributed by atoms with E-state index < -0.39 is 0 Å². The second kappa shape index (κ2) is 15.6. The van der Waals surface area contributed by atoms with Gasteiger partial charge in [0.05, 0.1) is 12.0 Å². The summed E-state index contributed by atoms with van der Waals surface area (Å²) >= 11 is 0. The molecule has 0 aliphatic heterocycles. The monoisotopic (exact) mass is 475 g/mol. The first-order chi connectivity index (χ1) is 17.2. The average molecular weight is 476 g/mol. The minimum absolute atomic E-state index is 0.0570. The maximum atomic E-state index is 12.8. The Morgan fingerprint density at radius 3 is 2.40 bits per heavy atom. The summed E-state index contributed by atoms with van der Waals surface area (Å²) in [5.41, 5.74) is 2.91. The Balaban J connectivity index is 1.32. The van der Waals surface area contributed by atoms with Gasteiger partial charge in [0.15, 0.2) is 0 Å². The van der Waals surface area contributed by atoms with Gasteiger partial charge < -0.3 is 4.74 Å². The summed E-state index contributed by atoms with van der Waals surface area (Å²) in [6.07, 6.45) is 24.6. The molecule has 2 fully saturated rings. The molecule has 190 valence electrons. The highest BCUT2D eigenvalue weighted by Crippen LogP contribution is 2.37. The molecule has 35 heavy (non-hydrogen) atoms. The van der Waals surface area contributed by atoms with Gasteiger partial charge >= 0.3 is 5.97 Å². The van der Waals surface area contributed by atoms with Crippen LogP contribution in [0.1, 0.15) is 114 Å². The van der Waals surface area contributed by atoms with Crippen LogP contribution in [0.15, 0.2) is 48.6 Å². The molecule has 1 aromatic carbocycles. The lowest BCUT2D eigenvalue weighted by Crippen LogP contribution is -2.29. The molecular weight excluding hydrogens is 430 g/mol. The van der Waals surface area contributed by atoms with Crippen LogP contribution in [0.5, 0.6) is 0 Å². The van der Waals surface area contributed by atoms with E-state index in [2.05, 4.69) is 37.3 Å². The third kappa shape index (κ3) is 9.67. The van der Waals surface area contributed by atoms with Crippen molar-refractivity contribution in [2.24, 2.45) is 11.8 Å². The second-order valence-corrected chi connectivity index (χ2v) is 10.7. The van der Waals surface area contributed by atoms with Crippen LogP contribution >= 0.6 is 0 Å². The summed E-state index contributed by atoms with van der Waals surface area (Å²) in [4.78, 5) is 12.8. The minimum Gasteiger partial charge on any atom is -0.462 e. The Hall–Kier alpha value is -2.34. The molecule has 3 rings (SSSR count). The first-order valence-electron chi connectivity index (χ1n) is 14.2. The lowest BCUT2D eigenvalue weighted by molar-refractivity contribution is -0.157. The number of unbranched alkanes of at least 4 members (excludes halogenated alkanes) is 3. The molecule has 0 amide bonds. The fourth-order valence-electron chi connectivity index (χ4n) is 5.78.